The van der Waals surface area contributed by atoms with Crippen LogP contribution in [-0.2, 0) is 54.0 Å². The lowest BCUT2D eigenvalue weighted by molar-refractivity contribution is -0.183. The summed E-state index contributed by atoms with van der Waals surface area (Å²) in [5, 5.41) is 0. The summed E-state index contributed by atoms with van der Waals surface area (Å²) in [7, 11) is 1.66. The van der Waals surface area contributed by atoms with E-state index >= 15 is 0 Å². The summed E-state index contributed by atoms with van der Waals surface area (Å²) in [6.07, 6.45) is 8.99. The maximum atomic E-state index is 6.28. The van der Waals surface area contributed by atoms with E-state index in [0.717, 1.165) is 88.9 Å². The highest BCUT2D eigenvalue weighted by Gasteiger charge is 2.33. The molecule has 4 rings (SSSR count). The quantitative estimate of drug-likeness (QED) is 0.153. The molecule has 3 unspecified atom stereocenters. The van der Waals surface area contributed by atoms with Crippen molar-refractivity contribution in [1.82, 2.24) is 0 Å². The molecule has 0 saturated carbocycles. The van der Waals surface area contributed by atoms with Gasteiger partial charge in [0.25, 0.3) is 0 Å². The maximum absolute atomic E-state index is 6.28. The smallest absolute Gasteiger partial charge is 0.157 e. The largest absolute Gasteiger partial charge is 0.497 e. The van der Waals surface area contributed by atoms with Crippen LogP contribution < -0.4 is 4.74 Å². The molecule has 1 aromatic rings. The van der Waals surface area contributed by atoms with Crippen molar-refractivity contribution in [3.05, 3.63) is 29.8 Å². The van der Waals surface area contributed by atoms with Crippen LogP contribution in [0.4, 0.5) is 0 Å². The standard InChI is InChI=1S/C34H56O11/c1-35-30-13-11-29(12-14-30)24-39-28-34(25-36-18-21-43-31-8-2-5-15-40-31,26-37-19-22-44-32-9-3-6-16-41-32)27-38-20-23-45-33-10-4-7-17-42-33/h11-14,31-33H,2-10,15-28H2,1H3. The van der Waals surface area contributed by atoms with Crippen molar-refractivity contribution in [2.75, 3.05) is 93.0 Å². The first-order chi connectivity index (χ1) is 22.2. The van der Waals surface area contributed by atoms with Crippen molar-refractivity contribution >= 4 is 0 Å². The molecule has 0 bridgehead atoms. The van der Waals surface area contributed by atoms with Gasteiger partial charge in [-0.2, -0.15) is 0 Å². The zero-order valence-corrected chi connectivity index (χ0v) is 27.3. The summed E-state index contributed by atoms with van der Waals surface area (Å²) < 4.78 is 64.9. The van der Waals surface area contributed by atoms with E-state index in [9.17, 15) is 0 Å². The number of benzene rings is 1. The van der Waals surface area contributed by atoms with Crippen LogP contribution in [-0.4, -0.2) is 112 Å². The molecule has 0 N–H and O–H groups in total. The molecule has 3 saturated heterocycles. The van der Waals surface area contributed by atoms with E-state index in [-0.39, 0.29) is 18.9 Å². The Morgan fingerprint density at radius 1 is 0.556 bits per heavy atom. The fraction of sp³-hybridized carbons (Fsp3) is 0.824. The van der Waals surface area contributed by atoms with Gasteiger partial charge < -0.3 is 52.1 Å². The Morgan fingerprint density at radius 2 is 0.978 bits per heavy atom. The van der Waals surface area contributed by atoms with E-state index in [2.05, 4.69) is 0 Å². The minimum Gasteiger partial charge on any atom is -0.497 e. The van der Waals surface area contributed by atoms with E-state index in [0.29, 0.717) is 72.7 Å². The van der Waals surface area contributed by atoms with Crippen LogP contribution in [0.15, 0.2) is 24.3 Å². The van der Waals surface area contributed by atoms with Crippen LogP contribution in [0.5, 0.6) is 5.75 Å². The highest BCUT2D eigenvalue weighted by Crippen LogP contribution is 2.23. The fourth-order valence-electron chi connectivity index (χ4n) is 5.47. The van der Waals surface area contributed by atoms with Crippen LogP contribution >= 0.6 is 0 Å². The second kappa shape index (κ2) is 22.2. The third-order valence-electron chi connectivity index (χ3n) is 8.07. The number of rotatable bonds is 23. The normalized spacial score (nSPS) is 23.9. The molecule has 0 aliphatic carbocycles. The average Bonchev–Trinajstić information content (AvgIpc) is 3.09. The summed E-state index contributed by atoms with van der Waals surface area (Å²) in [6.45, 7) is 6.89. The summed E-state index contributed by atoms with van der Waals surface area (Å²) in [6, 6.07) is 7.88. The highest BCUT2D eigenvalue weighted by molar-refractivity contribution is 5.26. The average molecular weight is 641 g/mol. The molecule has 3 atom stereocenters. The third-order valence-corrected chi connectivity index (χ3v) is 8.07. The van der Waals surface area contributed by atoms with Gasteiger partial charge in [0.05, 0.1) is 85.2 Å². The predicted molar refractivity (Wildman–Crippen MR) is 166 cm³/mol. The number of hydrogen-bond donors (Lipinski definition) is 0. The lowest BCUT2D eigenvalue weighted by atomic mass is 9.92. The Hall–Kier alpha value is -1.38. The van der Waals surface area contributed by atoms with Crippen molar-refractivity contribution < 1.29 is 52.1 Å². The first kappa shape index (κ1) is 36.5. The van der Waals surface area contributed by atoms with E-state index in [1.807, 2.05) is 24.3 Å². The van der Waals surface area contributed by atoms with Crippen molar-refractivity contribution in [2.24, 2.45) is 5.41 Å². The van der Waals surface area contributed by atoms with E-state index in [4.69, 9.17) is 52.1 Å². The number of hydrogen-bond acceptors (Lipinski definition) is 11. The second-order valence-electron chi connectivity index (χ2n) is 12.0. The minimum atomic E-state index is -0.559. The first-order valence-electron chi connectivity index (χ1n) is 16.9. The summed E-state index contributed by atoms with van der Waals surface area (Å²) in [4.78, 5) is 0. The van der Waals surface area contributed by atoms with Crippen molar-refractivity contribution in [2.45, 2.75) is 83.3 Å². The van der Waals surface area contributed by atoms with Gasteiger partial charge in [-0.15, -0.1) is 0 Å². The number of ether oxygens (including phenoxy) is 11. The predicted octanol–water partition coefficient (Wildman–Crippen LogP) is 4.88. The molecule has 3 heterocycles. The van der Waals surface area contributed by atoms with Gasteiger partial charge >= 0.3 is 0 Å². The van der Waals surface area contributed by atoms with Gasteiger partial charge in [-0.25, -0.2) is 0 Å². The van der Waals surface area contributed by atoms with Gasteiger partial charge in [-0.3, -0.25) is 0 Å². The molecule has 3 fully saturated rings. The SMILES string of the molecule is COc1ccc(COCC(COCCOC2CCCCO2)(COCCOC2CCCCO2)COCCOC2CCCCO2)cc1. The molecule has 11 heteroatoms. The maximum Gasteiger partial charge on any atom is 0.157 e. The van der Waals surface area contributed by atoms with Crippen LogP contribution in [0.25, 0.3) is 0 Å². The molecule has 3 aliphatic heterocycles. The Balaban J connectivity index is 1.29. The van der Waals surface area contributed by atoms with E-state index < -0.39 is 5.41 Å². The lowest BCUT2D eigenvalue weighted by Crippen LogP contribution is -2.42. The zero-order chi connectivity index (χ0) is 31.3. The topological polar surface area (TPSA) is 102 Å². The van der Waals surface area contributed by atoms with Gasteiger partial charge in [-0.05, 0) is 75.5 Å². The molecule has 11 nitrogen and oxygen atoms in total. The van der Waals surface area contributed by atoms with Gasteiger partial charge in [0.2, 0.25) is 0 Å². The minimum absolute atomic E-state index is 0.145. The molecule has 0 spiro atoms. The summed E-state index contributed by atoms with van der Waals surface area (Å²) in [5.74, 6) is 0.811. The molecular weight excluding hydrogens is 584 g/mol. The summed E-state index contributed by atoms with van der Waals surface area (Å²) >= 11 is 0. The molecule has 1 aromatic carbocycles. The monoisotopic (exact) mass is 640 g/mol. The second-order valence-corrected chi connectivity index (χ2v) is 12.0. The number of methoxy groups -OCH3 is 1. The van der Waals surface area contributed by atoms with Crippen LogP contribution in [0, 0.1) is 5.41 Å². The Labute approximate surface area is 269 Å². The molecule has 258 valence electrons. The van der Waals surface area contributed by atoms with Crippen molar-refractivity contribution in [3.63, 3.8) is 0 Å². The van der Waals surface area contributed by atoms with Crippen LogP contribution in [0.1, 0.15) is 63.4 Å². The third kappa shape index (κ3) is 14.9. The Bertz CT molecular complexity index is 783. The zero-order valence-electron chi connectivity index (χ0n) is 27.3. The fourth-order valence-corrected chi connectivity index (χ4v) is 5.47. The van der Waals surface area contributed by atoms with Crippen LogP contribution in [0.2, 0.25) is 0 Å². The van der Waals surface area contributed by atoms with E-state index in [1.54, 1.807) is 7.11 Å². The van der Waals surface area contributed by atoms with Gasteiger partial charge in [0.15, 0.2) is 18.9 Å². The van der Waals surface area contributed by atoms with Gasteiger partial charge in [0.1, 0.15) is 5.75 Å². The van der Waals surface area contributed by atoms with Crippen molar-refractivity contribution in [1.29, 1.82) is 0 Å². The molecule has 3 aliphatic rings. The van der Waals surface area contributed by atoms with Gasteiger partial charge in [0, 0.05) is 19.8 Å². The molecule has 0 amide bonds. The summed E-state index contributed by atoms with van der Waals surface area (Å²) in [5.41, 5.74) is 0.492. The molecule has 45 heavy (non-hydrogen) atoms. The molecular formula is C34H56O11. The first-order valence-corrected chi connectivity index (χ1v) is 16.9. The lowest BCUT2D eigenvalue weighted by Gasteiger charge is -2.33. The Morgan fingerprint density at radius 3 is 1.36 bits per heavy atom. The van der Waals surface area contributed by atoms with Crippen molar-refractivity contribution in [3.8, 4) is 5.75 Å². The van der Waals surface area contributed by atoms with Crippen LogP contribution in [0.3, 0.4) is 0 Å². The molecule has 0 aromatic heterocycles. The van der Waals surface area contributed by atoms with Gasteiger partial charge in [-0.1, -0.05) is 12.1 Å². The van der Waals surface area contributed by atoms with E-state index in [1.165, 1.54) is 0 Å². The highest BCUT2D eigenvalue weighted by atomic mass is 16.7. The Kier molecular flexibility index (Phi) is 18.0. The molecule has 0 radical (unpaired) electrons.